The van der Waals surface area contributed by atoms with E-state index < -0.39 is 50.4 Å². The van der Waals surface area contributed by atoms with E-state index in [1.807, 2.05) is 37.9 Å². The number of benzene rings is 1. The van der Waals surface area contributed by atoms with Gasteiger partial charge in [0.25, 0.3) is 0 Å². The SMILES string of the molecule is Cc1ccc([C@H](NC2C(=O)C(=O)C2Nc2ccc(Cl)c(S(=O)(=O)N3CCN(C)CC3)c2O)C2(C)COC2)o1. The summed E-state index contributed by atoms with van der Waals surface area (Å²) in [4.78, 5) is 26.9. The number of Topliss-reactive ketones (excluding diaryl/α,β-unsaturated/α-hetero) is 2. The molecule has 3 heterocycles. The number of sulfonamides is 1. The van der Waals surface area contributed by atoms with E-state index >= 15 is 0 Å². The maximum absolute atomic E-state index is 13.4. The molecular weight excluding hydrogens is 536 g/mol. The number of carbonyl (C=O) groups is 2. The quantitative estimate of drug-likeness (QED) is 0.318. The molecular formula is C25H31ClN4O7S. The first kappa shape index (κ1) is 27.1. The normalized spacial score (nSPS) is 25.1. The van der Waals surface area contributed by atoms with E-state index in [2.05, 4.69) is 10.6 Å². The smallest absolute Gasteiger partial charge is 0.248 e. The van der Waals surface area contributed by atoms with Gasteiger partial charge in [-0.1, -0.05) is 18.5 Å². The molecule has 2 aromatic rings. The van der Waals surface area contributed by atoms with E-state index in [0.717, 1.165) is 0 Å². The van der Waals surface area contributed by atoms with Crippen molar-refractivity contribution in [2.45, 2.75) is 36.9 Å². The first-order chi connectivity index (χ1) is 17.9. The predicted octanol–water partition coefficient (Wildman–Crippen LogP) is 1.55. The summed E-state index contributed by atoms with van der Waals surface area (Å²) in [6.45, 7) is 6.31. The first-order valence-corrected chi connectivity index (χ1v) is 14.2. The van der Waals surface area contributed by atoms with Crippen molar-refractivity contribution in [3.05, 3.63) is 40.8 Å². The molecule has 11 nitrogen and oxygen atoms in total. The summed E-state index contributed by atoms with van der Waals surface area (Å²) in [5.74, 6) is -0.557. The highest BCUT2D eigenvalue weighted by molar-refractivity contribution is 7.89. The number of hydrogen-bond donors (Lipinski definition) is 3. The summed E-state index contributed by atoms with van der Waals surface area (Å²) in [6, 6.07) is 4.02. The van der Waals surface area contributed by atoms with Crippen molar-refractivity contribution in [2.75, 3.05) is 51.8 Å². The number of nitrogens with one attached hydrogen (secondary N) is 2. The summed E-state index contributed by atoms with van der Waals surface area (Å²) >= 11 is 6.25. The molecule has 206 valence electrons. The molecule has 0 amide bonds. The van der Waals surface area contributed by atoms with E-state index in [1.165, 1.54) is 16.4 Å². The highest BCUT2D eigenvalue weighted by Crippen LogP contribution is 2.43. The van der Waals surface area contributed by atoms with E-state index in [9.17, 15) is 23.1 Å². The van der Waals surface area contributed by atoms with Crippen LogP contribution < -0.4 is 10.6 Å². The Balaban J connectivity index is 1.40. The number of phenols is 1. The van der Waals surface area contributed by atoms with Gasteiger partial charge in [0.1, 0.15) is 28.5 Å². The molecule has 2 unspecified atom stereocenters. The van der Waals surface area contributed by atoms with Gasteiger partial charge < -0.3 is 24.5 Å². The summed E-state index contributed by atoms with van der Waals surface area (Å²) < 4.78 is 39.3. The van der Waals surface area contributed by atoms with Crippen molar-refractivity contribution in [1.82, 2.24) is 14.5 Å². The van der Waals surface area contributed by atoms with Crippen LogP contribution in [0.15, 0.2) is 33.6 Å². The zero-order chi connectivity index (χ0) is 27.4. The van der Waals surface area contributed by atoms with Gasteiger partial charge in [0.15, 0.2) is 5.75 Å². The molecule has 1 aromatic heterocycles. The number of rotatable bonds is 8. The second-order valence-electron chi connectivity index (χ2n) is 10.5. The van der Waals surface area contributed by atoms with Gasteiger partial charge in [0.05, 0.1) is 30.0 Å². The number of hydrogen-bond acceptors (Lipinski definition) is 10. The van der Waals surface area contributed by atoms with Gasteiger partial charge in [-0.15, -0.1) is 0 Å². The minimum Gasteiger partial charge on any atom is -0.504 e. The van der Waals surface area contributed by atoms with Gasteiger partial charge in [0.2, 0.25) is 21.6 Å². The van der Waals surface area contributed by atoms with Crippen molar-refractivity contribution in [2.24, 2.45) is 5.41 Å². The fourth-order valence-corrected chi connectivity index (χ4v) is 7.09. The molecule has 0 bridgehead atoms. The molecule has 0 radical (unpaired) electrons. The average molecular weight is 567 g/mol. The number of ketones is 2. The summed E-state index contributed by atoms with van der Waals surface area (Å²) in [7, 11) is -2.21. The number of phenolic OH excluding ortho intramolecular Hbond substituents is 1. The van der Waals surface area contributed by atoms with Gasteiger partial charge in [-0.3, -0.25) is 14.9 Å². The molecule has 3 fully saturated rings. The van der Waals surface area contributed by atoms with E-state index in [0.29, 0.717) is 37.8 Å². The van der Waals surface area contributed by atoms with Crippen molar-refractivity contribution in [3.63, 3.8) is 0 Å². The number of likely N-dealkylation sites (N-methyl/N-ethyl adjacent to an activating group) is 1. The van der Waals surface area contributed by atoms with Crippen LogP contribution in [0.2, 0.25) is 5.02 Å². The number of furan rings is 1. The standard InChI is InChI=1S/C25H31ClN4O7S/c1-14-4-7-17(37-14)24(25(2)12-36-13-25)28-19-18(21(32)22(19)33)27-16-6-5-15(26)23(20(16)31)38(34,35)30-10-8-29(3)9-11-30/h4-7,18-19,24,27-28,31H,8-13H2,1-3H3/t18?,19?,24-/m0/s1. The number of aryl methyl sites for hydroxylation is 1. The number of piperazine rings is 1. The molecule has 3 N–H and O–H groups in total. The average Bonchev–Trinajstić information content (AvgIpc) is 3.29. The van der Waals surface area contributed by atoms with Gasteiger partial charge in [0, 0.05) is 31.6 Å². The molecule has 1 saturated carbocycles. The Morgan fingerprint density at radius 2 is 1.74 bits per heavy atom. The third-order valence-electron chi connectivity index (χ3n) is 7.55. The van der Waals surface area contributed by atoms with Gasteiger partial charge >= 0.3 is 0 Å². The van der Waals surface area contributed by atoms with Crippen LogP contribution in [-0.2, 0) is 24.3 Å². The lowest BCUT2D eigenvalue weighted by Gasteiger charge is -2.47. The fraction of sp³-hybridized carbons (Fsp3) is 0.520. The number of halogens is 1. The highest BCUT2D eigenvalue weighted by Gasteiger charge is 2.54. The highest BCUT2D eigenvalue weighted by atomic mass is 35.5. The minimum absolute atomic E-state index is 0.0108. The second kappa shape index (κ2) is 9.92. The van der Waals surface area contributed by atoms with Crippen molar-refractivity contribution in [3.8, 4) is 5.75 Å². The number of ether oxygens (including phenoxy) is 1. The second-order valence-corrected chi connectivity index (χ2v) is 12.8. The molecule has 5 rings (SSSR count). The maximum Gasteiger partial charge on any atom is 0.248 e. The lowest BCUT2D eigenvalue weighted by Crippen LogP contribution is -2.69. The van der Waals surface area contributed by atoms with Crippen LogP contribution in [0.5, 0.6) is 5.75 Å². The molecule has 13 heteroatoms. The first-order valence-electron chi connectivity index (χ1n) is 12.4. The maximum atomic E-state index is 13.4. The Kier molecular flexibility index (Phi) is 7.08. The van der Waals surface area contributed by atoms with E-state index in [-0.39, 0.29) is 29.2 Å². The van der Waals surface area contributed by atoms with Crippen LogP contribution in [0.3, 0.4) is 0 Å². The number of anilines is 1. The molecule has 2 aliphatic heterocycles. The van der Waals surface area contributed by atoms with E-state index in [4.69, 9.17) is 20.8 Å². The third kappa shape index (κ3) is 4.63. The van der Waals surface area contributed by atoms with Gasteiger partial charge in [-0.05, 0) is 38.2 Å². The molecule has 3 aliphatic rings. The molecule has 3 atom stereocenters. The van der Waals surface area contributed by atoms with Crippen LogP contribution in [-0.4, -0.2) is 92.8 Å². The lowest BCUT2D eigenvalue weighted by atomic mass is 9.76. The molecule has 1 aliphatic carbocycles. The van der Waals surface area contributed by atoms with Crippen LogP contribution in [0, 0.1) is 12.3 Å². The number of aromatic hydroxyl groups is 1. The third-order valence-corrected chi connectivity index (χ3v) is 9.95. The predicted molar refractivity (Wildman–Crippen MR) is 139 cm³/mol. The van der Waals surface area contributed by atoms with Crippen molar-refractivity contribution < 1.29 is 32.3 Å². The van der Waals surface area contributed by atoms with Crippen molar-refractivity contribution in [1.29, 1.82) is 0 Å². The van der Waals surface area contributed by atoms with Gasteiger partial charge in [-0.25, -0.2) is 8.42 Å². The zero-order valence-corrected chi connectivity index (χ0v) is 22.9. The lowest BCUT2D eigenvalue weighted by molar-refractivity contribution is -0.150. The van der Waals surface area contributed by atoms with Crippen LogP contribution in [0.25, 0.3) is 0 Å². The zero-order valence-electron chi connectivity index (χ0n) is 21.4. The molecule has 38 heavy (non-hydrogen) atoms. The van der Waals surface area contributed by atoms with Gasteiger partial charge in [-0.2, -0.15) is 4.31 Å². The molecule has 0 spiro atoms. The Morgan fingerprint density at radius 3 is 2.32 bits per heavy atom. The molecule has 1 aromatic carbocycles. The Hall–Kier alpha value is -2.48. The minimum atomic E-state index is -4.11. The summed E-state index contributed by atoms with van der Waals surface area (Å²) in [5, 5.41) is 17.0. The van der Waals surface area contributed by atoms with Crippen LogP contribution in [0.1, 0.15) is 24.5 Å². The monoisotopic (exact) mass is 566 g/mol. The number of carbonyl (C=O) groups excluding carboxylic acids is 2. The fourth-order valence-electron chi connectivity index (χ4n) is 5.07. The van der Waals surface area contributed by atoms with Crippen LogP contribution >= 0.6 is 11.6 Å². The number of nitrogens with zero attached hydrogens (tertiary/aromatic N) is 2. The Morgan fingerprint density at radius 1 is 1.08 bits per heavy atom. The largest absolute Gasteiger partial charge is 0.504 e. The molecule has 2 saturated heterocycles. The topological polar surface area (TPSA) is 141 Å². The van der Waals surface area contributed by atoms with Crippen molar-refractivity contribution >= 4 is 38.9 Å². The Labute approximate surface area is 226 Å². The van der Waals surface area contributed by atoms with Crippen LogP contribution in [0.4, 0.5) is 5.69 Å². The Bertz CT molecular complexity index is 1370. The summed E-state index contributed by atoms with van der Waals surface area (Å²) in [5.41, 5.74) is -0.372. The summed E-state index contributed by atoms with van der Waals surface area (Å²) in [6.07, 6.45) is 0. The van der Waals surface area contributed by atoms with E-state index in [1.54, 1.807) is 0 Å².